The van der Waals surface area contributed by atoms with Gasteiger partial charge in [-0.15, -0.1) is 0 Å². The fourth-order valence-electron chi connectivity index (χ4n) is 4.41. The average molecular weight is 546 g/mol. The smallest absolute Gasteiger partial charge is 0.807 e. The van der Waals surface area contributed by atoms with Crippen molar-refractivity contribution in [1.29, 1.82) is 0 Å². The van der Waals surface area contributed by atoms with Crippen molar-refractivity contribution in [1.82, 2.24) is 0 Å². The summed E-state index contributed by atoms with van der Waals surface area (Å²) in [6, 6.07) is 12.1. The number of carboxylic acid groups (broad SMARTS) is 1. The first kappa shape index (κ1) is 32.4. The van der Waals surface area contributed by atoms with Gasteiger partial charge in [-0.25, -0.2) is 0 Å². The van der Waals surface area contributed by atoms with E-state index in [2.05, 4.69) is 12.1 Å². The maximum Gasteiger partial charge on any atom is 1.00 e. The van der Waals surface area contributed by atoms with Crippen LogP contribution in [0.4, 0.5) is 4.79 Å². The van der Waals surface area contributed by atoms with E-state index in [1.807, 2.05) is 24.3 Å². The fourth-order valence-corrected chi connectivity index (χ4v) is 4.41. The zero-order valence-corrected chi connectivity index (χ0v) is 26.9. The van der Waals surface area contributed by atoms with Gasteiger partial charge in [0.05, 0.1) is 31.1 Å². The molecule has 4 aliphatic rings. The second-order valence-electron chi connectivity index (χ2n) is 7.82. The monoisotopic (exact) mass is 546 g/mol. The van der Waals surface area contributed by atoms with E-state index in [4.69, 9.17) is 52.7 Å². The van der Waals surface area contributed by atoms with Gasteiger partial charge in [0.2, 0.25) is 13.6 Å². The van der Waals surface area contributed by atoms with Gasteiger partial charge in [0.15, 0.2) is 23.0 Å². The number of hydrogen-bond donors (Lipinski definition) is 0. The van der Waals surface area contributed by atoms with E-state index in [0.717, 1.165) is 34.1 Å². The summed E-state index contributed by atoms with van der Waals surface area (Å²) < 4.78 is 43.3. The Labute approximate surface area is 273 Å². The molecule has 0 spiro atoms. The van der Waals surface area contributed by atoms with Gasteiger partial charge in [-0.05, 0) is 43.0 Å². The Bertz CT molecular complexity index is 1060. The van der Waals surface area contributed by atoms with Gasteiger partial charge in [0, 0.05) is 11.8 Å². The Morgan fingerprint density at radius 2 is 1.08 bits per heavy atom. The van der Waals surface area contributed by atoms with Crippen molar-refractivity contribution in [3.8, 4) is 23.0 Å². The van der Waals surface area contributed by atoms with Crippen molar-refractivity contribution in [2.24, 2.45) is 11.8 Å². The summed E-state index contributed by atoms with van der Waals surface area (Å²) in [7, 11) is -5.43. The predicted octanol–water partition coefficient (Wildman–Crippen LogP) is -8.53. The molecule has 4 atom stereocenters. The predicted molar refractivity (Wildman–Crippen MR) is 102 cm³/mol. The van der Waals surface area contributed by atoms with Crippen LogP contribution in [0.3, 0.4) is 0 Å². The summed E-state index contributed by atoms with van der Waals surface area (Å²) in [4.78, 5) is 27.3. The molecule has 0 N–H and O–H groups in total. The molecular weight excluding hydrogens is 528 g/mol. The van der Waals surface area contributed by atoms with Crippen molar-refractivity contribution in [3.63, 3.8) is 0 Å². The first-order chi connectivity index (χ1) is 15.8. The van der Waals surface area contributed by atoms with Crippen molar-refractivity contribution in [2.45, 2.75) is 12.2 Å². The maximum absolute atomic E-state index is 9.14. The van der Waals surface area contributed by atoms with Crippen molar-refractivity contribution < 1.29 is 141 Å². The van der Waals surface area contributed by atoms with E-state index in [-0.39, 0.29) is 114 Å². The maximum atomic E-state index is 9.14. The zero-order valence-electron chi connectivity index (χ0n) is 20.0. The largest absolute Gasteiger partial charge is 1.00 e. The van der Waals surface area contributed by atoms with E-state index in [1.165, 1.54) is 0 Å². The van der Waals surface area contributed by atoms with Crippen LogP contribution in [0.5, 0.6) is 23.0 Å². The SMILES string of the molecule is O=C([O-])P(=O)([O-])[O-].[Na+].[Na+].[Na+].c1cc2c(cc1C1OCC3C(c4ccc5c(c4)OCO5)OCC13)OCO2. The Morgan fingerprint density at radius 1 is 0.722 bits per heavy atom. The summed E-state index contributed by atoms with van der Waals surface area (Å²) in [6.45, 7) is 1.93. The normalized spacial score (nSPS) is 24.3. The summed E-state index contributed by atoms with van der Waals surface area (Å²) in [5.74, 6) is 3.83. The van der Waals surface area contributed by atoms with Crippen molar-refractivity contribution in [3.05, 3.63) is 47.5 Å². The minimum Gasteiger partial charge on any atom is -0.807 e. The Hall–Kier alpha value is 0.180. The van der Waals surface area contributed by atoms with Gasteiger partial charge in [0.25, 0.3) is 0 Å². The summed E-state index contributed by atoms with van der Waals surface area (Å²) in [5, 5.41) is 9.02. The molecule has 6 rings (SSSR count). The molecule has 176 valence electrons. The van der Waals surface area contributed by atoms with Crippen molar-refractivity contribution in [2.75, 3.05) is 26.8 Å². The summed E-state index contributed by atoms with van der Waals surface area (Å²) >= 11 is 0. The fraction of sp³-hybridized carbons (Fsp3) is 0.381. The zero-order chi connectivity index (χ0) is 23.2. The molecule has 15 heteroatoms. The van der Waals surface area contributed by atoms with E-state index in [1.54, 1.807) is 0 Å². The molecule has 11 nitrogen and oxygen atoms in total. The first-order valence-electron chi connectivity index (χ1n) is 10.1. The number of hydrogen-bond acceptors (Lipinski definition) is 11. The van der Waals surface area contributed by atoms with Gasteiger partial charge >= 0.3 is 88.7 Å². The second-order valence-corrected chi connectivity index (χ2v) is 9.18. The average Bonchev–Trinajstić information content (AvgIpc) is 3.56. The molecule has 0 bridgehead atoms. The van der Waals surface area contributed by atoms with Crippen LogP contribution in [-0.4, -0.2) is 32.5 Å². The van der Waals surface area contributed by atoms with E-state index < -0.39 is 13.3 Å². The van der Waals surface area contributed by atoms with Crippen LogP contribution in [-0.2, 0) is 14.0 Å². The van der Waals surface area contributed by atoms with Crippen LogP contribution in [0.15, 0.2) is 36.4 Å². The molecule has 2 fully saturated rings. The molecule has 2 aromatic rings. The third-order valence-corrected chi connectivity index (χ3v) is 6.39. The van der Waals surface area contributed by atoms with E-state index in [9.17, 15) is 0 Å². The third kappa shape index (κ3) is 6.84. The molecule has 0 aromatic heterocycles. The van der Waals surface area contributed by atoms with Crippen LogP contribution in [0.1, 0.15) is 23.3 Å². The Kier molecular flexibility index (Phi) is 12.1. The van der Waals surface area contributed by atoms with Crippen LogP contribution in [0.2, 0.25) is 0 Å². The number of rotatable bonds is 3. The number of carbonyl (C=O) groups excluding carboxylic acids is 1. The molecular formula is C21H18Na3O11P. The van der Waals surface area contributed by atoms with E-state index in [0.29, 0.717) is 25.0 Å². The summed E-state index contributed by atoms with van der Waals surface area (Å²) in [6.07, 6.45) is 0.0435. The Morgan fingerprint density at radius 3 is 1.44 bits per heavy atom. The topological polar surface area (TPSA) is 159 Å². The number of fused-ring (bicyclic) bond motifs is 3. The van der Waals surface area contributed by atoms with Crippen LogP contribution in [0, 0.1) is 11.8 Å². The number of ether oxygens (including phenoxy) is 6. The van der Waals surface area contributed by atoms with Crippen LogP contribution in [0.25, 0.3) is 0 Å². The molecule has 36 heavy (non-hydrogen) atoms. The van der Waals surface area contributed by atoms with Gasteiger partial charge < -0.3 is 52.7 Å². The number of benzene rings is 2. The Balaban J connectivity index is 0.000000408. The number of carbonyl (C=O) groups is 1. The van der Waals surface area contributed by atoms with Gasteiger partial charge in [-0.3, -0.25) is 0 Å². The molecule has 4 heterocycles. The van der Waals surface area contributed by atoms with Gasteiger partial charge in [0.1, 0.15) is 0 Å². The second kappa shape index (κ2) is 13.5. The minimum atomic E-state index is -5.43. The summed E-state index contributed by atoms with van der Waals surface area (Å²) in [5.41, 5.74) is -0.319. The molecule has 0 radical (unpaired) electrons. The van der Waals surface area contributed by atoms with E-state index >= 15 is 0 Å². The van der Waals surface area contributed by atoms with Gasteiger partial charge in [-0.1, -0.05) is 12.1 Å². The molecule has 2 saturated heterocycles. The molecule has 2 aromatic carbocycles. The molecule has 4 unspecified atom stereocenters. The van der Waals surface area contributed by atoms with Crippen LogP contribution >= 0.6 is 7.60 Å². The van der Waals surface area contributed by atoms with Gasteiger partial charge in [-0.2, -0.15) is 0 Å². The molecule has 4 aliphatic heterocycles. The molecule has 0 aliphatic carbocycles. The standard InChI is InChI=1S/C20H18O6.CH3O5P.3Na/c1-3-15-17(25-9-23-15)5-11(1)19-13-7-22-20(14(13)8-21-19)12-2-4-16-18(6-12)26-10-24-16;2-1(3)7(4,5)6;;;/h1-6,13-14,19-20H,7-10H2;(H,2,3)(H2,4,5,6);;;/q;;3*+1/p-3. The molecule has 0 saturated carbocycles. The quantitative estimate of drug-likeness (QED) is 0.266. The minimum absolute atomic E-state index is 0. The van der Waals surface area contributed by atoms with Crippen molar-refractivity contribution >= 4 is 13.3 Å². The first-order valence-corrected chi connectivity index (χ1v) is 11.6. The van der Waals surface area contributed by atoms with Crippen LogP contribution < -0.4 is 123 Å². The molecule has 0 amide bonds. The third-order valence-electron chi connectivity index (χ3n) is 5.94.